The summed E-state index contributed by atoms with van der Waals surface area (Å²) in [7, 11) is 1.50. The van der Waals surface area contributed by atoms with E-state index in [9.17, 15) is 14.4 Å². The predicted molar refractivity (Wildman–Crippen MR) is 93.3 cm³/mol. The largest absolute Gasteiger partial charge is 0.465 e. The number of imidazole rings is 2. The number of hydrogen-bond acceptors (Lipinski definition) is 6. The van der Waals surface area contributed by atoms with Crippen molar-refractivity contribution in [2.24, 2.45) is 7.05 Å². The maximum atomic E-state index is 12.9. The Morgan fingerprint density at radius 2 is 2.04 bits per heavy atom. The molecule has 0 fully saturated rings. The average Bonchev–Trinajstić information content (AvgIpc) is 3.10. The lowest BCUT2D eigenvalue weighted by molar-refractivity contribution is -0.143. The summed E-state index contributed by atoms with van der Waals surface area (Å²) < 4.78 is 10.4. The van der Waals surface area contributed by atoms with Gasteiger partial charge in [0.2, 0.25) is 5.78 Å². The van der Waals surface area contributed by atoms with E-state index in [1.807, 2.05) is 11.5 Å². The molecule has 3 heterocycles. The molecule has 10 nitrogen and oxygen atoms in total. The molecule has 3 aromatic heterocycles. The molecular formula is C16H21N5O5. The number of fused-ring (bicyclic) bond motifs is 3. The molecule has 0 amide bonds. The first-order valence-electron chi connectivity index (χ1n) is 8.34. The van der Waals surface area contributed by atoms with Crippen LogP contribution in [-0.2, 0) is 29.7 Å². The molecule has 3 rings (SSSR count). The minimum absolute atomic E-state index is 0.0365. The van der Waals surface area contributed by atoms with Crippen LogP contribution in [0.2, 0.25) is 0 Å². The van der Waals surface area contributed by atoms with Crippen molar-refractivity contribution < 1.29 is 14.6 Å². The fourth-order valence-corrected chi connectivity index (χ4v) is 3.04. The van der Waals surface area contributed by atoms with Gasteiger partial charge in [0.05, 0.1) is 6.61 Å². The van der Waals surface area contributed by atoms with Crippen molar-refractivity contribution in [1.29, 1.82) is 0 Å². The first kappa shape index (κ1) is 17.9. The molecule has 1 N–H and O–H groups in total. The van der Waals surface area contributed by atoms with Gasteiger partial charge < -0.3 is 14.4 Å². The number of aliphatic hydroxyl groups is 1. The van der Waals surface area contributed by atoms with Crippen LogP contribution >= 0.6 is 0 Å². The van der Waals surface area contributed by atoms with Crippen molar-refractivity contribution in [2.75, 3.05) is 13.2 Å². The summed E-state index contributed by atoms with van der Waals surface area (Å²) in [6.45, 7) is 3.81. The Kier molecular flexibility index (Phi) is 4.68. The Labute approximate surface area is 147 Å². The summed E-state index contributed by atoms with van der Waals surface area (Å²) in [6.07, 6.45) is 2.29. The second-order valence-electron chi connectivity index (χ2n) is 5.99. The van der Waals surface area contributed by atoms with Gasteiger partial charge in [0.15, 0.2) is 11.2 Å². The van der Waals surface area contributed by atoms with Gasteiger partial charge in [-0.25, -0.2) is 9.36 Å². The molecule has 0 aliphatic carbocycles. The van der Waals surface area contributed by atoms with Crippen LogP contribution in [0.25, 0.3) is 16.9 Å². The molecular weight excluding hydrogens is 342 g/mol. The zero-order valence-electron chi connectivity index (χ0n) is 14.9. The van der Waals surface area contributed by atoms with Gasteiger partial charge >= 0.3 is 11.7 Å². The second kappa shape index (κ2) is 6.79. The van der Waals surface area contributed by atoms with Gasteiger partial charge in [0.25, 0.3) is 5.56 Å². The van der Waals surface area contributed by atoms with Gasteiger partial charge in [-0.05, 0) is 20.3 Å². The highest BCUT2D eigenvalue weighted by molar-refractivity contribution is 5.76. The van der Waals surface area contributed by atoms with E-state index >= 15 is 0 Å². The lowest BCUT2D eigenvalue weighted by Crippen LogP contribution is -2.41. The Balaban J connectivity index is 2.27. The van der Waals surface area contributed by atoms with Crippen LogP contribution in [0.4, 0.5) is 0 Å². The molecule has 0 aromatic carbocycles. The fraction of sp³-hybridized carbons (Fsp3) is 0.500. The zero-order valence-corrected chi connectivity index (χ0v) is 14.9. The Hall–Kier alpha value is -2.88. The van der Waals surface area contributed by atoms with Gasteiger partial charge in [-0.3, -0.25) is 18.6 Å². The van der Waals surface area contributed by atoms with Gasteiger partial charge in [-0.2, -0.15) is 4.98 Å². The number of hydrogen-bond donors (Lipinski definition) is 1. The van der Waals surface area contributed by atoms with Crippen molar-refractivity contribution in [3.8, 4) is 0 Å². The number of aliphatic hydroxyl groups excluding tert-OH is 1. The number of carbonyl (C=O) groups excluding carboxylic acids is 1. The van der Waals surface area contributed by atoms with Crippen LogP contribution in [0.3, 0.4) is 0 Å². The third kappa shape index (κ3) is 2.71. The lowest BCUT2D eigenvalue weighted by Gasteiger charge is -2.07. The topological polar surface area (TPSA) is 113 Å². The molecule has 0 radical (unpaired) electrons. The third-order valence-corrected chi connectivity index (χ3v) is 4.27. The molecule has 26 heavy (non-hydrogen) atoms. The minimum atomic E-state index is -0.650. The normalized spacial score (nSPS) is 11.5. The summed E-state index contributed by atoms with van der Waals surface area (Å²) in [4.78, 5) is 41.6. The highest BCUT2D eigenvalue weighted by Gasteiger charge is 2.21. The number of rotatable bonds is 6. The first-order valence-corrected chi connectivity index (χ1v) is 8.34. The average molecular weight is 363 g/mol. The summed E-state index contributed by atoms with van der Waals surface area (Å²) in [5.41, 5.74) is 0.107. The van der Waals surface area contributed by atoms with E-state index in [1.54, 1.807) is 17.5 Å². The molecule has 0 aliphatic rings. The molecule has 0 aliphatic heterocycles. The highest BCUT2D eigenvalue weighted by atomic mass is 16.5. The molecule has 140 valence electrons. The van der Waals surface area contributed by atoms with Gasteiger partial charge in [0.1, 0.15) is 6.54 Å². The van der Waals surface area contributed by atoms with Crippen LogP contribution in [0.15, 0.2) is 15.8 Å². The van der Waals surface area contributed by atoms with Crippen LogP contribution < -0.4 is 11.2 Å². The van der Waals surface area contributed by atoms with E-state index in [1.165, 1.54) is 11.6 Å². The predicted octanol–water partition coefficient (Wildman–Crippen LogP) is -0.597. The first-order chi connectivity index (χ1) is 12.4. The van der Waals surface area contributed by atoms with Gasteiger partial charge in [0, 0.05) is 32.1 Å². The number of ether oxygens (including phenoxy) is 1. The van der Waals surface area contributed by atoms with E-state index in [2.05, 4.69) is 4.98 Å². The van der Waals surface area contributed by atoms with Crippen LogP contribution in [-0.4, -0.2) is 47.4 Å². The summed E-state index contributed by atoms with van der Waals surface area (Å²) in [5, 5.41) is 9.07. The summed E-state index contributed by atoms with van der Waals surface area (Å²) >= 11 is 0. The summed E-state index contributed by atoms with van der Waals surface area (Å²) in [6, 6.07) is 0. The third-order valence-electron chi connectivity index (χ3n) is 4.27. The smallest absolute Gasteiger partial charge is 0.333 e. The maximum Gasteiger partial charge on any atom is 0.333 e. The van der Waals surface area contributed by atoms with Crippen molar-refractivity contribution in [2.45, 2.75) is 33.4 Å². The van der Waals surface area contributed by atoms with Gasteiger partial charge in [-0.1, -0.05) is 0 Å². The van der Waals surface area contributed by atoms with Crippen LogP contribution in [0, 0.1) is 6.92 Å². The quantitative estimate of drug-likeness (QED) is 0.586. The van der Waals surface area contributed by atoms with Crippen molar-refractivity contribution >= 4 is 22.9 Å². The lowest BCUT2D eigenvalue weighted by atomic mass is 10.4. The van der Waals surface area contributed by atoms with E-state index in [0.29, 0.717) is 18.7 Å². The number of nitrogens with zero attached hydrogens (tertiary/aromatic N) is 5. The maximum absolute atomic E-state index is 12.9. The Morgan fingerprint density at radius 1 is 1.31 bits per heavy atom. The standard InChI is InChI=1S/C16H21N5O5/c1-4-26-11(23)9-21-14(24)12-13(18(3)16(21)25)17-15-19(6-5-7-22)10(2)8-20(12)15/h8,22H,4-7,9H2,1-3H3. The van der Waals surface area contributed by atoms with Crippen LogP contribution in [0.1, 0.15) is 19.0 Å². The van der Waals surface area contributed by atoms with E-state index in [-0.39, 0.29) is 24.4 Å². The van der Waals surface area contributed by atoms with Crippen molar-refractivity contribution in [3.63, 3.8) is 0 Å². The molecule has 0 unspecified atom stereocenters. The molecule has 3 aromatic rings. The Morgan fingerprint density at radius 3 is 2.69 bits per heavy atom. The molecule has 10 heteroatoms. The second-order valence-corrected chi connectivity index (χ2v) is 5.99. The SMILES string of the molecule is CCOC(=O)Cn1c(=O)c2c(nc3n(CCCO)c(C)cn23)n(C)c1=O. The number of aromatic nitrogens is 5. The highest BCUT2D eigenvalue weighted by Crippen LogP contribution is 2.16. The van der Waals surface area contributed by atoms with Gasteiger partial charge in [-0.15, -0.1) is 0 Å². The Bertz CT molecular complexity index is 1100. The van der Waals surface area contributed by atoms with Crippen molar-refractivity contribution in [1.82, 2.24) is 23.1 Å². The molecule has 0 bridgehead atoms. The van der Waals surface area contributed by atoms with Crippen LogP contribution in [0.5, 0.6) is 0 Å². The molecule has 0 spiro atoms. The number of esters is 1. The monoisotopic (exact) mass is 363 g/mol. The summed E-state index contributed by atoms with van der Waals surface area (Å²) in [5.74, 6) is -0.143. The molecule has 0 saturated carbocycles. The minimum Gasteiger partial charge on any atom is -0.465 e. The molecule has 0 saturated heterocycles. The van der Waals surface area contributed by atoms with E-state index in [0.717, 1.165) is 10.3 Å². The molecule has 0 atom stereocenters. The zero-order chi connectivity index (χ0) is 19.0. The number of carbonyl (C=O) groups is 1. The van der Waals surface area contributed by atoms with E-state index < -0.39 is 23.8 Å². The fourth-order valence-electron chi connectivity index (χ4n) is 3.04. The number of aryl methyl sites for hydroxylation is 3. The van der Waals surface area contributed by atoms with Crippen molar-refractivity contribution in [3.05, 3.63) is 32.7 Å². The van der Waals surface area contributed by atoms with E-state index in [4.69, 9.17) is 9.84 Å².